The smallest absolute Gasteiger partial charge is 0.255 e. The first-order valence-corrected chi connectivity index (χ1v) is 9.66. The van der Waals surface area contributed by atoms with Crippen molar-refractivity contribution in [3.8, 4) is 18.1 Å². The monoisotopic (exact) mass is 359 g/mol. The van der Waals surface area contributed by atoms with Gasteiger partial charge in [-0.1, -0.05) is 43.4 Å². The zero-order chi connectivity index (χ0) is 19.0. The van der Waals surface area contributed by atoms with E-state index in [1.165, 1.54) is 12.0 Å². The van der Waals surface area contributed by atoms with E-state index in [4.69, 9.17) is 11.2 Å². The number of fused-ring (bicyclic) bond motifs is 2. The molecule has 0 aromatic heterocycles. The molecule has 0 bridgehead atoms. The molecule has 4 rings (SSSR count). The number of hydrogen-bond acceptors (Lipinski definition) is 2. The Morgan fingerprint density at radius 1 is 1.11 bits per heavy atom. The molecule has 0 N–H and O–H groups in total. The largest absolute Gasteiger partial charge is 0.497 e. The van der Waals surface area contributed by atoms with Crippen molar-refractivity contribution in [2.24, 2.45) is 0 Å². The molecule has 0 radical (unpaired) electrons. The molecule has 138 valence electrons. The molecule has 0 unspecified atom stereocenters. The maximum atomic E-state index is 13.5. The summed E-state index contributed by atoms with van der Waals surface area (Å²) in [4.78, 5) is 15.6. The SMILES string of the molecule is C#Cc1ccc2c(c1C)C(=O)N(Cc1ccc(OC)cc1)C21CCCCC1. The number of carbonyl (C=O) groups excluding carboxylic acids is 1. The van der Waals surface area contributed by atoms with Crippen LogP contribution in [0.3, 0.4) is 0 Å². The summed E-state index contributed by atoms with van der Waals surface area (Å²) in [6.07, 6.45) is 11.3. The predicted octanol–water partition coefficient (Wildman–Crippen LogP) is 4.80. The molecule has 1 spiro atoms. The Morgan fingerprint density at radius 2 is 1.81 bits per heavy atom. The maximum Gasteiger partial charge on any atom is 0.255 e. The number of rotatable bonds is 3. The van der Waals surface area contributed by atoms with Gasteiger partial charge in [-0.05, 0) is 54.7 Å². The topological polar surface area (TPSA) is 29.5 Å². The molecule has 1 aliphatic heterocycles. The summed E-state index contributed by atoms with van der Waals surface area (Å²) in [7, 11) is 1.67. The van der Waals surface area contributed by atoms with Gasteiger partial charge in [-0.2, -0.15) is 0 Å². The summed E-state index contributed by atoms with van der Waals surface area (Å²) in [5, 5.41) is 0. The lowest BCUT2D eigenvalue weighted by Crippen LogP contribution is -2.44. The molecule has 1 aliphatic carbocycles. The number of benzene rings is 2. The lowest BCUT2D eigenvalue weighted by Gasteiger charge is -2.42. The lowest BCUT2D eigenvalue weighted by molar-refractivity contribution is 0.0387. The van der Waals surface area contributed by atoms with Crippen LogP contribution in [0.2, 0.25) is 0 Å². The summed E-state index contributed by atoms with van der Waals surface area (Å²) in [6, 6.07) is 12.1. The Kier molecular flexibility index (Phi) is 4.44. The van der Waals surface area contributed by atoms with Crippen molar-refractivity contribution in [1.29, 1.82) is 0 Å². The van der Waals surface area contributed by atoms with Crippen molar-refractivity contribution in [2.45, 2.75) is 51.1 Å². The molecule has 3 nitrogen and oxygen atoms in total. The van der Waals surface area contributed by atoms with Gasteiger partial charge in [0, 0.05) is 17.7 Å². The molecular formula is C24H25NO2. The fourth-order valence-electron chi connectivity index (χ4n) is 4.82. The Labute approximate surface area is 161 Å². The minimum absolute atomic E-state index is 0.123. The van der Waals surface area contributed by atoms with Crippen molar-refractivity contribution >= 4 is 5.91 Å². The number of methoxy groups -OCH3 is 1. The van der Waals surface area contributed by atoms with Gasteiger partial charge in [0.2, 0.25) is 0 Å². The van der Waals surface area contributed by atoms with Crippen LogP contribution in [-0.4, -0.2) is 17.9 Å². The molecule has 0 atom stereocenters. The average molecular weight is 359 g/mol. The molecule has 0 saturated heterocycles. The van der Waals surface area contributed by atoms with Crippen LogP contribution < -0.4 is 4.74 Å². The molecule has 1 heterocycles. The summed E-state index contributed by atoms with van der Waals surface area (Å²) in [5.41, 5.74) is 4.71. The predicted molar refractivity (Wildman–Crippen MR) is 107 cm³/mol. The second-order valence-corrected chi connectivity index (χ2v) is 7.64. The maximum absolute atomic E-state index is 13.5. The van der Waals surface area contributed by atoms with Crippen molar-refractivity contribution in [2.75, 3.05) is 7.11 Å². The van der Waals surface area contributed by atoms with E-state index in [1.54, 1.807) is 7.11 Å². The van der Waals surface area contributed by atoms with E-state index in [1.807, 2.05) is 37.3 Å². The van der Waals surface area contributed by atoms with Crippen LogP contribution in [0.1, 0.15) is 64.7 Å². The van der Waals surface area contributed by atoms with Crippen molar-refractivity contribution in [3.05, 3.63) is 64.2 Å². The zero-order valence-electron chi connectivity index (χ0n) is 16.0. The molecule has 2 aromatic rings. The van der Waals surface area contributed by atoms with Crippen molar-refractivity contribution < 1.29 is 9.53 Å². The fourth-order valence-corrected chi connectivity index (χ4v) is 4.82. The van der Waals surface area contributed by atoms with Crippen LogP contribution >= 0.6 is 0 Å². The molecule has 2 aromatic carbocycles. The highest BCUT2D eigenvalue weighted by atomic mass is 16.5. The van der Waals surface area contributed by atoms with Crippen LogP contribution in [0.5, 0.6) is 5.75 Å². The number of amides is 1. The molecule has 2 aliphatic rings. The van der Waals surface area contributed by atoms with E-state index < -0.39 is 0 Å². The van der Waals surface area contributed by atoms with Crippen molar-refractivity contribution in [3.63, 3.8) is 0 Å². The van der Waals surface area contributed by atoms with Gasteiger partial charge in [0.15, 0.2) is 0 Å². The Balaban J connectivity index is 1.79. The molecule has 1 saturated carbocycles. The minimum Gasteiger partial charge on any atom is -0.497 e. The fraction of sp³-hybridized carbons (Fsp3) is 0.375. The van der Waals surface area contributed by atoms with Crippen LogP contribution in [0.25, 0.3) is 0 Å². The first-order chi connectivity index (χ1) is 13.1. The highest BCUT2D eigenvalue weighted by Gasteiger charge is 2.50. The Hall–Kier alpha value is -2.73. The van der Waals surface area contributed by atoms with Gasteiger partial charge >= 0.3 is 0 Å². The average Bonchev–Trinajstić information content (AvgIpc) is 2.92. The van der Waals surface area contributed by atoms with Crippen LogP contribution in [0.4, 0.5) is 0 Å². The number of carbonyl (C=O) groups is 1. The third kappa shape index (κ3) is 2.72. The van der Waals surface area contributed by atoms with Gasteiger partial charge in [0.05, 0.1) is 12.6 Å². The highest BCUT2D eigenvalue weighted by Crippen LogP contribution is 2.50. The normalized spacial score (nSPS) is 17.7. The van der Waals surface area contributed by atoms with E-state index in [0.29, 0.717) is 6.54 Å². The van der Waals surface area contributed by atoms with E-state index >= 15 is 0 Å². The van der Waals surface area contributed by atoms with Crippen LogP contribution in [-0.2, 0) is 12.1 Å². The van der Waals surface area contributed by atoms with Gasteiger partial charge < -0.3 is 9.64 Å². The zero-order valence-corrected chi connectivity index (χ0v) is 16.0. The number of ether oxygens (including phenoxy) is 1. The first kappa shape index (κ1) is 17.7. The van der Waals surface area contributed by atoms with Gasteiger partial charge in [-0.3, -0.25) is 4.79 Å². The second-order valence-electron chi connectivity index (χ2n) is 7.64. The number of hydrogen-bond donors (Lipinski definition) is 0. The quantitative estimate of drug-likeness (QED) is 0.737. The van der Waals surface area contributed by atoms with Gasteiger partial charge in [0.1, 0.15) is 5.75 Å². The molecule has 1 fully saturated rings. The van der Waals surface area contributed by atoms with Crippen molar-refractivity contribution in [1.82, 2.24) is 4.90 Å². The first-order valence-electron chi connectivity index (χ1n) is 9.66. The minimum atomic E-state index is -0.192. The molecule has 1 amide bonds. The number of nitrogens with zero attached hydrogens (tertiary/aromatic N) is 1. The van der Waals surface area contributed by atoms with E-state index in [2.05, 4.69) is 16.9 Å². The van der Waals surface area contributed by atoms with E-state index in [-0.39, 0.29) is 11.4 Å². The summed E-state index contributed by atoms with van der Waals surface area (Å²) in [6.45, 7) is 2.60. The molecule has 3 heteroatoms. The Bertz CT molecular complexity index is 915. The van der Waals surface area contributed by atoms with E-state index in [0.717, 1.165) is 53.7 Å². The van der Waals surface area contributed by atoms with Gasteiger partial charge in [0.25, 0.3) is 5.91 Å². The van der Waals surface area contributed by atoms with Gasteiger partial charge in [-0.25, -0.2) is 0 Å². The lowest BCUT2D eigenvalue weighted by atomic mass is 9.75. The molecule has 27 heavy (non-hydrogen) atoms. The van der Waals surface area contributed by atoms with Crippen LogP contribution in [0, 0.1) is 19.3 Å². The van der Waals surface area contributed by atoms with Crippen LogP contribution in [0.15, 0.2) is 36.4 Å². The molecular weight excluding hydrogens is 334 g/mol. The second kappa shape index (κ2) is 6.78. The standard InChI is InChI=1S/C24H25NO2/c1-4-19-10-13-21-22(17(19)2)23(26)25(24(21)14-6-5-7-15-24)16-18-8-11-20(27-3)12-9-18/h1,8-13H,5-7,14-16H2,2-3H3. The van der Waals surface area contributed by atoms with E-state index in [9.17, 15) is 4.79 Å². The summed E-state index contributed by atoms with van der Waals surface area (Å²) >= 11 is 0. The number of terminal acetylenes is 1. The third-order valence-corrected chi connectivity index (χ3v) is 6.28. The summed E-state index contributed by atoms with van der Waals surface area (Å²) < 4.78 is 5.26. The summed E-state index contributed by atoms with van der Waals surface area (Å²) in [5.74, 6) is 3.68. The highest BCUT2D eigenvalue weighted by molar-refractivity contribution is 6.02. The Morgan fingerprint density at radius 3 is 2.44 bits per heavy atom. The third-order valence-electron chi connectivity index (χ3n) is 6.28. The van der Waals surface area contributed by atoms with Gasteiger partial charge in [-0.15, -0.1) is 6.42 Å².